The Labute approximate surface area is 135 Å². The summed E-state index contributed by atoms with van der Waals surface area (Å²) in [5, 5.41) is 0. The zero-order chi connectivity index (χ0) is 16.1. The van der Waals surface area contributed by atoms with E-state index in [0.717, 1.165) is 40.3 Å². The largest absolute Gasteiger partial charge is 0.494 e. The lowest BCUT2D eigenvalue weighted by Crippen LogP contribution is -1.99. The molecular formula is C19H20N2O2. The minimum Gasteiger partial charge on any atom is -0.494 e. The van der Waals surface area contributed by atoms with Crippen molar-refractivity contribution in [3.8, 4) is 11.5 Å². The van der Waals surface area contributed by atoms with Gasteiger partial charge < -0.3 is 14.5 Å². The van der Waals surface area contributed by atoms with Crippen LogP contribution in [0.3, 0.4) is 0 Å². The van der Waals surface area contributed by atoms with Gasteiger partial charge in [-0.2, -0.15) is 0 Å². The Balaban J connectivity index is 1.75. The number of benzene rings is 2. The molecule has 3 aromatic rings. The highest BCUT2D eigenvalue weighted by Gasteiger charge is 2.07. The average Bonchev–Trinajstić information content (AvgIpc) is 2.97. The van der Waals surface area contributed by atoms with E-state index >= 15 is 0 Å². The summed E-state index contributed by atoms with van der Waals surface area (Å²) >= 11 is 0. The minimum absolute atomic E-state index is 0.396. The van der Waals surface area contributed by atoms with Gasteiger partial charge in [-0.15, -0.1) is 6.58 Å². The maximum atomic E-state index is 5.91. The molecule has 23 heavy (non-hydrogen) atoms. The van der Waals surface area contributed by atoms with Gasteiger partial charge in [0.2, 0.25) is 0 Å². The van der Waals surface area contributed by atoms with Crippen LogP contribution in [-0.4, -0.2) is 16.6 Å². The zero-order valence-electron chi connectivity index (χ0n) is 13.2. The third-order valence-electron chi connectivity index (χ3n) is 3.51. The van der Waals surface area contributed by atoms with E-state index < -0.39 is 0 Å². The SMILES string of the molecule is C=CCc1ccccc1OCc1nc2ccc(OCC)cc2[nH]1. The van der Waals surface area contributed by atoms with E-state index in [0.29, 0.717) is 13.2 Å². The summed E-state index contributed by atoms with van der Waals surface area (Å²) in [5.41, 5.74) is 2.98. The van der Waals surface area contributed by atoms with Gasteiger partial charge in [0, 0.05) is 6.07 Å². The Morgan fingerprint density at radius 1 is 1.17 bits per heavy atom. The molecule has 0 unspecified atom stereocenters. The van der Waals surface area contributed by atoms with Crippen molar-refractivity contribution in [1.82, 2.24) is 9.97 Å². The van der Waals surface area contributed by atoms with Crippen LogP contribution in [-0.2, 0) is 13.0 Å². The molecule has 0 saturated heterocycles. The predicted octanol–water partition coefficient (Wildman–Crippen LogP) is 4.27. The number of nitrogens with zero attached hydrogens (tertiary/aromatic N) is 1. The van der Waals surface area contributed by atoms with Crippen LogP contribution in [0.4, 0.5) is 0 Å². The Hall–Kier alpha value is -2.75. The van der Waals surface area contributed by atoms with E-state index in [1.54, 1.807) is 0 Å². The van der Waals surface area contributed by atoms with Crippen molar-refractivity contribution in [2.45, 2.75) is 20.0 Å². The number of ether oxygens (including phenoxy) is 2. The number of fused-ring (bicyclic) bond motifs is 1. The molecule has 118 valence electrons. The third kappa shape index (κ3) is 3.54. The normalized spacial score (nSPS) is 10.7. The molecule has 0 saturated carbocycles. The molecule has 0 bridgehead atoms. The van der Waals surface area contributed by atoms with Crippen LogP contribution in [0.2, 0.25) is 0 Å². The van der Waals surface area contributed by atoms with Gasteiger partial charge in [-0.25, -0.2) is 4.98 Å². The molecule has 2 aromatic carbocycles. The van der Waals surface area contributed by atoms with Crippen LogP contribution in [0, 0.1) is 0 Å². The molecule has 0 aliphatic carbocycles. The Bertz CT molecular complexity index is 808. The van der Waals surface area contributed by atoms with Crippen molar-refractivity contribution in [3.63, 3.8) is 0 Å². The highest BCUT2D eigenvalue weighted by atomic mass is 16.5. The van der Waals surface area contributed by atoms with Gasteiger partial charge in [0.1, 0.15) is 23.9 Å². The summed E-state index contributed by atoms with van der Waals surface area (Å²) in [7, 11) is 0. The first-order valence-corrected chi connectivity index (χ1v) is 7.73. The molecule has 1 aromatic heterocycles. The molecule has 0 aliphatic rings. The van der Waals surface area contributed by atoms with E-state index in [9.17, 15) is 0 Å². The molecule has 3 rings (SSSR count). The fraction of sp³-hybridized carbons (Fsp3) is 0.211. The van der Waals surface area contributed by atoms with Gasteiger partial charge in [-0.05, 0) is 37.1 Å². The van der Waals surface area contributed by atoms with Crippen molar-refractivity contribution in [2.24, 2.45) is 0 Å². The Morgan fingerprint density at radius 2 is 2.04 bits per heavy atom. The van der Waals surface area contributed by atoms with Crippen LogP contribution in [0.1, 0.15) is 18.3 Å². The van der Waals surface area contributed by atoms with E-state index in [1.807, 2.05) is 55.5 Å². The molecule has 4 heteroatoms. The number of aromatic amines is 1. The maximum Gasteiger partial charge on any atom is 0.146 e. The predicted molar refractivity (Wildman–Crippen MR) is 91.9 cm³/mol. The lowest BCUT2D eigenvalue weighted by Gasteiger charge is -2.08. The Morgan fingerprint density at radius 3 is 2.87 bits per heavy atom. The van der Waals surface area contributed by atoms with Crippen LogP contribution < -0.4 is 9.47 Å². The summed E-state index contributed by atoms with van der Waals surface area (Å²) in [5.74, 6) is 2.50. The number of rotatable bonds is 7. The van der Waals surface area contributed by atoms with Gasteiger partial charge in [0.25, 0.3) is 0 Å². The van der Waals surface area contributed by atoms with Crippen LogP contribution in [0.5, 0.6) is 11.5 Å². The number of imidazole rings is 1. The number of H-pyrrole nitrogens is 1. The number of hydrogen-bond donors (Lipinski definition) is 1. The van der Waals surface area contributed by atoms with E-state index in [2.05, 4.69) is 16.5 Å². The summed E-state index contributed by atoms with van der Waals surface area (Å²) in [4.78, 5) is 7.83. The molecule has 0 spiro atoms. The van der Waals surface area contributed by atoms with Gasteiger partial charge in [0.15, 0.2) is 0 Å². The highest BCUT2D eigenvalue weighted by Crippen LogP contribution is 2.22. The second kappa shape index (κ2) is 7.01. The number of para-hydroxylation sites is 1. The number of allylic oxidation sites excluding steroid dienone is 1. The lowest BCUT2D eigenvalue weighted by atomic mass is 10.1. The average molecular weight is 308 g/mol. The summed E-state index contributed by atoms with van der Waals surface area (Å²) < 4.78 is 11.4. The van der Waals surface area contributed by atoms with E-state index in [4.69, 9.17) is 9.47 Å². The van der Waals surface area contributed by atoms with Gasteiger partial charge in [-0.1, -0.05) is 24.3 Å². The monoisotopic (exact) mass is 308 g/mol. The molecule has 1 N–H and O–H groups in total. The Kier molecular flexibility index (Phi) is 4.62. The van der Waals surface area contributed by atoms with Crippen LogP contribution >= 0.6 is 0 Å². The van der Waals surface area contributed by atoms with Crippen molar-refractivity contribution >= 4 is 11.0 Å². The van der Waals surface area contributed by atoms with Crippen molar-refractivity contribution < 1.29 is 9.47 Å². The third-order valence-corrected chi connectivity index (χ3v) is 3.51. The first kappa shape index (κ1) is 15.2. The van der Waals surface area contributed by atoms with Crippen molar-refractivity contribution in [1.29, 1.82) is 0 Å². The first-order chi connectivity index (χ1) is 11.3. The molecule has 0 amide bonds. The van der Waals surface area contributed by atoms with Gasteiger partial charge in [-0.3, -0.25) is 0 Å². The van der Waals surface area contributed by atoms with Crippen molar-refractivity contribution in [3.05, 3.63) is 66.5 Å². The second-order valence-corrected chi connectivity index (χ2v) is 5.18. The summed E-state index contributed by atoms with van der Waals surface area (Å²) in [6.07, 6.45) is 2.66. The topological polar surface area (TPSA) is 47.1 Å². The standard InChI is InChI=1S/C19H20N2O2/c1-3-7-14-8-5-6-9-18(14)23-13-19-20-16-11-10-15(22-4-2)12-17(16)21-19/h3,5-6,8-12H,1,4,7,13H2,2H3,(H,20,21). The van der Waals surface area contributed by atoms with Crippen LogP contribution in [0.25, 0.3) is 11.0 Å². The number of nitrogens with one attached hydrogen (secondary N) is 1. The number of hydrogen-bond acceptors (Lipinski definition) is 3. The lowest BCUT2D eigenvalue weighted by molar-refractivity contribution is 0.295. The van der Waals surface area contributed by atoms with Gasteiger partial charge in [0.05, 0.1) is 17.6 Å². The van der Waals surface area contributed by atoms with Crippen molar-refractivity contribution in [2.75, 3.05) is 6.61 Å². The summed E-state index contributed by atoms with van der Waals surface area (Å²) in [6.45, 7) is 6.80. The minimum atomic E-state index is 0.396. The fourth-order valence-corrected chi connectivity index (χ4v) is 2.48. The molecule has 0 aliphatic heterocycles. The van der Waals surface area contributed by atoms with E-state index in [1.165, 1.54) is 0 Å². The summed E-state index contributed by atoms with van der Waals surface area (Å²) in [6, 6.07) is 13.8. The molecule has 0 atom stereocenters. The van der Waals surface area contributed by atoms with E-state index in [-0.39, 0.29) is 0 Å². The maximum absolute atomic E-state index is 5.91. The smallest absolute Gasteiger partial charge is 0.146 e. The fourth-order valence-electron chi connectivity index (χ4n) is 2.48. The molecule has 0 fully saturated rings. The number of aromatic nitrogens is 2. The zero-order valence-corrected chi connectivity index (χ0v) is 13.2. The van der Waals surface area contributed by atoms with Gasteiger partial charge >= 0.3 is 0 Å². The highest BCUT2D eigenvalue weighted by molar-refractivity contribution is 5.76. The molecular weight excluding hydrogens is 288 g/mol. The second-order valence-electron chi connectivity index (χ2n) is 5.18. The molecule has 0 radical (unpaired) electrons. The molecule has 4 nitrogen and oxygen atoms in total. The quantitative estimate of drug-likeness (QED) is 0.663. The molecule has 1 heterocycles. The van der Waals surface area contributed by atoms with Crippen LogP contribution in [0.15, 0.2) is 55.1 Å². The first-order valence-electron chi connectivity index (χ1n) is 7.73.